The molecule has 1 aromatic carbocycles. The number of hydrogen-bond donors (Lipinski definition) is 0. The number of hydrogen-bond acceptors (Lipinski definition) is 2. The van der Waals surface area contributed by atoms with Crippen molar-refractivity contribution < 1.29 is 9.47 Å². The summed E-state index contributed by atoms with van der Waals surface area (Å²) >= 11 is 6.49. The summed E-state index contributed by atoms with van der Waals surface area (Å²) in [6.07, 6.45) is 3.22. The average molecular weight is 255 g/mol. The van der Waals surface area contributed by atoms with E-state index in [1.54, 1.807) is 14.2 Å². The van der Waals surface area contributed by atoms with Crippen LogP contribution < -0.4 is 9.47 Å². The lowest BCUT2D eigenvalue weighted by Crippen LogP contribution is -1.99. The van der Waals surface area contributed by atoms with E-state index in [0.29, 0.717) is 5.92 Å². The van der Waals surface area contributed by atoms with Crippen molar-refractivity contribution in [3.63, 3.8) is 0 Å². The van der Waals surface area contributed by atoms with Gasteiger partial charge >= 0.3 is 0 Å². The summed E-state index contributed by atoms with van der Waals surface area (Å²) in [4.78, 5) is 0. The molecule has 2 unspecified atom stereocenters. The van der Waals surface area contributed by atoms with Crippen LogP contribution in [0.2, 0.25) is 0 Å². The Morgan fingerprint density at radius 3 is 2.65 bits per heavy atom. The van der Waals surface area contributed by atoms with E-state index in [4.69, 9.17) is 21.1 Å². The van der Waals surface area contributed by atoms with Crippen LogP contribution in [0.15, 0.2) is 12.1 Å². The fraction of sp³-hybridized carbons (Fsp3) is 0.571. The predicted molar refractivity (Wildman–Crippen MR) is 70.2 cm³/mol. The van der Waals surface area contributed by atoms with Gasteiger partial charge in [0.2, 0.25) is 0 Å². The quantitative estimate of drug-likeness (QED) is 0.588. The van der Waals surface area contributed by atoms with Crippen molar-refractivity contribution in [1.29, 1.82) is 0 Å². The number of fused-ring (bicyclic) bond motifs is 1. The molecule has 2 nitrogen and oxygen atoms in total. The van der Waals surface area contributed by atoms with E-state index in [0.717, 1.165) is 24.3 Å². The molecule has 0 fully saturated rings. The molecule has 17 heavy (non-hydrogen) atoms. The lowest BCUT2D eigenvalue weighted by molar-refractivity contribution is 0.390. The number of alkyl halides is 1. The van der Waals surface area contributed by atoms with Gasteiger partial charge in [0.05, 0.1) is 19.6 Å². The van der Waals surface area contributed by atoms with Crippen molar-refractivity contribution in [3.05, 3.63) is 23.3 Å². The van der Waals surface area contributed by atoms with Crippen LogP contribution in [0.25, 0.3) is 0 Å². The molecule has 2 atom stereocenters. The largest absolute Gasteiger partial charge is 0.497 e. The molecule has 1 aromatic rings. The van der Waals surface area contributed by atoms with Gasteiger partial charge in [0.1, 0.15) is 11.5 Å². The van der Waals surface area contributed by atoms with Gasteiger partial charge in [0.15, 0.2) is 0 Å². The molecule has 0 heterocycles. The maximum atomic E-state index is 6.49. The molecule has 0 spiro atoms. The SMILES string of the molecule is COc1cc(OC)c2c(c1)C(Cl)CC(C)CC2. The number of ether oxygens (including phenoxy) is 2. The smallest absolute Gasteiger partial charge is 0.126 e. The number of rotatable bonds is 2. The first-order valence-corrected chi connectivity index (χ1v) is 6.48. The molecule has 0 radical (unpaired) electrons. The van der Waals surface area contributed by atoms with E-state index in [1.165, 1.54) is 17.5 Å². The highest BCUT2D eigenvalue weighted by Gasteiger charge is 2.24. The van der Waals surface area contributed by atoms with E-state index in [9.17, 15) is 0 Å². The highest BCUT2D eigenvalue weighted by atomic mass is 35.5. The van der Waals surface area contributed by atoms with Crippen LogP contribution in [0.3, 0.4) is 0 Å². The molecule has 0 aliphatic heterocycles. The Kier molecular flexibility index (Phi) is 3.82. The molecule has 0 amide bonds. The summed E-state index contributed by atoms with van der Waals surface area (Å²) in [5.41, 5.74) is 2.42. The predicted octanol–water partition coefficient (Wildman–Crippen LogP) is 3.96. The summed E-state index contributed by atoms with van der Waals surface area (Å²) in [7, 11) is 3.37. The minimum absolute atomic E-state index is 0.0616. The maximum Gasteiger partial charge on any atom is 0.126 e. The van der Waals surface area contributed by atoms with E-state index < -0.39 is 0 Å². The second kappa shape index (κ2) is 5.18. The number of methoxy groups -OCH3 is 2. The third kappa shape index (κ3) is 2.52. The van der Waals surface area contributed by atoms with Gasteiger partial charge < -0.3 is 9.47 Å². The zero-order valence-corrected chi connectivity index (χ0v) is 11.4. The van der Waals surface area contributed by atoms with Gasteiger partial charge in [-0.05, 0) is 42.4 Å². The standard InChI is InChI=1S/C14H19ClO2/c1-9-4-5-11-12(13(15)6-9)7-10(16-2)8-14(11)17-3/h7-9,13H,4-6H2,1-3H3. The molecular weight excluding hydrogens is 236 g/mol. The fourth-order valence-corrected chi connectivity index (χ4v) is 2.98. The van der Waals surface area contributed by atoms with Gasteiger partial charge in [-0.15, -0.1) is 11.6 Å². The molecule has 0 N–H and O–H groups in total. The van der Waals surface area contributed by atoms with Gasteiger partial charge in [-0.25, -0.2) is 0 Å². The summed E-state index contributed by atoms with van der Waals surface area (Å²) < 4.78 is 10.8. The van der Waals surface area contributed by atoms with Crippen molar-refractivity contribution in [2.75, 3.05) is 14.2 Å². The first kappa shape index (κ1) is 12.6. The Morgan fingerprint density at radius 1 is 1.24 bits per heavy atom. The van der Waals surface area contributed by atoms with Crippen molar-refractivity contribution in [3.8, 4) is 11.5 Å². The first-order valence-electron chi connectivity index (χ1n) is 6.04. The Balaban J connectivity index is 2.49. The summed E-state index contributed by atoms with van der Waals surface area (Å²) in [5.74, 6) is 2.38. The van der Waals surface area contributed by atoms with E-state index in [2.05, 4.69) is 6.92 Å². The molecular formula is C14H19ClO2. The summed E-state index contributed by atoms with van der Waals surface area (Å²) in [6.45, 7) is 2.25. The van der Waals surface area contributed by atoms with Crippen LogP contribution in [0, 0.1) is 5.92 Å². The van der Waals surface area contributed by atoms with Crippen LogP contribution in [0.5, 0.6) is 11.5 Å². The van der Waals surface area contributed by atoms with Gasteiger partial charge in [0, 0.05) is 6.07 Å². The molecule has 2 rings (SSSR count). The van der Waals surface area contributed by atoms with Gasteiger partial charge in [0.25, 0.3) is 0 Å². The molecule has 0 saturated carbocycles. The maximum absolute atomic E-state index is 6.49. The molecule has 1 aliphatic rings. The fourth-order valence-electron chi connectivity index (χ4n) is 2.48. The number of benzene rings is 1. The van der Waals surface area contributed by atoms with Crippen molar-refractivity contribution in [2.24, 2.45) is 5.92 Å². The van der Waals surface area contributed by atoms with Gasteiger partial charge in [-0.2, -0.15) is 0 Å². The lowest BCUT2D eigenvalue weighted by Gasteiger charge is -2.16. The summed E-state index contributed by atoms with van der Waals surface area (Å²) in [6, 6.07) is 3.99. The first-order chi connectivity index (χ1) is 8.15. The highest BCUT2D eigenvalue weighted by molar-refractivity contribution is 6.21. The Morgan fingerprint density at radius 2 is 2.00 bits per heavy atom. The van der Waals surface area contributed by atoms with Crippen molar-refractivity contribution in [1.82, 2.24) is 0 Å². The molecule has 0 bridgehead atoms. The third-order valence-corrected chi connectivity index (χ3v) is 3.92. The van der Waals surface area contributed by atoms with Gasteiger partial charge in [-0.1, -0.05) is 6.92 Å². The second-order valence-corrected chi connectivity index (χ2v) is 5.27. The number of halogens is 1. The van der Waals surface area contributed by atoms with E-state index >= 15 is 0 Å². The van der Waals surface area contributed by atoms with Crippen LogP contribution in [0.1, 0.15) is 36.3 Å². The van der Waals surface area contributed by atoms with Crippen molar-refractivity contribution >= 4 is 11.6 Å². The molecule has 0 saturated heterocycles. The van der Waals surface area contributed by atoms with Crippen LogP contribution in [0.4, 0.5) is 0 Å². The molecule has 3 heteroatoms. The van der Waals surface area contributed by atoms with E-state index in [1.807, 2.05) is 12.1 Å². The van der Waals surface area contributed by atoms with Crippen LogP contribution in [-0.2, 0) is 6.42 Å². The van der Waals surface area contributed by atoms with E-state index in [-0.39, 0.29) is 5.38 Å². The zero-order valence-electron chi connectivity index (χ0n) is 10.6. The van der Waals surface area contributed by atoms with Crippen LogP contribution in [-0.4, -0.2) is 14.2 Å². The lowest BCUT2D eigenvalue weighted by atomic mass is 10.0. The average Bonchev–Trinajstić information content (AvgIpc) is 2.48. The Hall–Kier alpha value is -0.890. The normalized spacial score (nSPS) is 23.8. The summed E-state index contributed by atoms with van der Waals surface area (Å²) in [5, 5.41) is 0.0616. The van der Waals surface area contributed by atoms with Crippen molar-refractivity contribution in [2.45, 2.75) is 31.6 Å². The minimum atomic E-state index is 0.0616. The highest BCUT2D eigenvalue weighted by Crippen LogP contribution is 2.41. The van der Waals surface area contributed by atoms with Crippen LogP contribution >= 0.6 is 11.6 Å². The topological polar surface area (TPSA) is 18.5 Å². The van der Waals surface area contributed by atoms with Gasteiger partial charge in [-0.3, -0.25) is 0 Å². The minimum Gasteiger partial charge on any atom is -0.497 e. The zero-order chi connectivity index (χ0) is 12.4. The second-order valence-electron chi connectivity index (χ2n) is 4.74. The molecule has 94 valence electrons. The Bertz CT molecular complexity index is 403. The molecule has 1 aliphatic carbocycles. The third-order valence-electron chi connectivity index (χ3n) is 3.51. The molecule has 0 aromatic heterocycles. The monoisotopic (exact) mass is 254 g/mol. The Labute approximate surface area is 108 Å².